The monoisotopic (exact) mass is 275 g/mol. The summed E-state index contributed by atoms with van der Waals surface area (Å²) in [4.78, 5) is 14.1. The number of carbonyl (C=O) groups excluding carboxylic acids is 1. The number of likely N-dealkylation sites (N-methyl/N-ethyl adjacent to an activating group) is 2. The van der Waals surface area contributed by atoms with Crippen LogP contribution >= 0.6 is 0 Å². The number of amides is 1. The molecule has 1 unspecified atom stereocenters. The first-order valence-electron chi connectivity index (χ1n) is 7.18. The van der Waals surface area contributed by atoms with Crippen LogP contribution in [0.25, 0.3) is 0 Å². The van der Waals surface area contributed by atoms with Gasteiger partial charge in [-0.25, -0.2) is 0 Å². The number of rotatable bonds is 6. The maximum atomic E-state index is 12.0. The molecule has 0 aromatic heterocycles. The Morgan fingerprint density at radius 2 is 2.10 bits per heavy atom. The summed E-state index contributed by atoms with van der Waals surface area (Å²) >= 11 is 0. The van der Waals surface area contributed by atoms with E-state index < -0.39 is 5.54 Å². The van der Waals surface area contributed by atoms with Crippen molar-refractivity contribution in [3.63, 3.8) is 0 Å². The second-order valence-corrected chi connectivity index (χ2v) is 6.01. The molecule has 2 rings (SSSR count). The van der Waals surface area contributed by atoms with Crippen molar-refractivity contribution in [1.82, 2.24) is 5.32 Å². The number of carbonyl (C=O) groups is 1. The fraction of sp³-hybridized carbons (Fsp3) is 0.562. The van der Waals surface area contributed by atoms with E-state index in [0.717, 1.165) is 18.5 Å². The van der Waals surface area contributed by atoms with Crippen LogP contribution in [0.3, 0.4) is 0 Å². The highest BCUT2D eigenvalue weighted by molar-refractivity contribution is 5.86. The first-order valence-corrected chi connectivity index (χ1v) is 7.18. The minimum Gasteiger partial charge on any atom is -0.372 e. The lowest BCUT2D eigenvalue weighted by Crippen LogP contribution is -2.61. The topological polar surface area (TPSA) is 58.4 Å². The number of hydrogen-bond acceptors (Lipinski definition) is 3. The van der Waals surface area contributed by atoms with Gasteiger partial charge in [0.05, 0.1) is 0 Å². The van der Waals surface area contributed by atoms with Crippen LogP contribution in [-0.4, -0.2) is 32.1 Å². The summed E-state index contributed by atoms with van der Waals surface area (Å²) in [5, 5.41) is 3.19. The van der Waals surface area contributed by atoms with Crippen LogP contribution < -0.4 is 16.0 Å². The van der Waals surface area contributed by atoms with E-state index in [0.29, 0.717) is 12.5 Å². The zero-order chi connectivity index (χ0) is 14.9. The van der Waals surface area contributed by atoms with Gasteiger partial charge in [0.15, 0.2) is 0 Å². The number of aryl methyl sites for hydroxylation is 2. The SMILES string of the molecule is CNC(CN(C)c1ccc(C)cc1C)(C(N)=O)C1CC1. The van der Waals surface area contributed by atoms with Crippen molar-refractivity contribution in [2.75, 3.05) is 25.5 Å². The van der Waals surface area contributed by atoms with Crippen molar-refractivity contribution in [3.05, 3.63) is 29.3 Å². The van der Waals surface area contributed by atoms with Crippen molar-refractivity contribution in [3.8, 4) is 0 Å². The molecule has 0 radical (unpaired) electrons. The van der Waals surface area contributed by atoms with Crippen LogP contribution in [0.15, 0.2) is 18.2 Å². The summed E-state index contributed by atoms with van der Waals surface area (Å²) in [6, 6.07) is 6.37. The zero-order valence-corrected chi connectivity index (χ0v) is 12.9. The third-order valence-electron chi connectivity index (χ3n) is 4.41. The van der Waals surface area contributed by atoms with Gasteiger partial charge in [0.2, 0.25) is 5.91 Å². The van der Waals surface area contributed by atoms with E-state index in [2.05, 4.69) is 42.3 Å². The van der Waals surface area contributed by atoms with Gasteiger partial charge in [-0.15, -0.1) is 0 Å². The number of nitrogens with two attached hydrogens (primary N) is 1. The first-order chi connectivity index (χ1) is 9.40. The van der Waals surface area contributed by atoms with Gasteiger partial charge in [0.1, 0.15) is 5.54 Å². The summed E-state index contributed by atoms with van der Waals surface area (Å²) < 4.78 is 0. The number of hydrogen-bond donors (Lipinski definition) is 2. The predicted molar refractivity (Wildman–Crippen MR) is 82.9 cm³/mol. The molecule has 0 aliphatic heterocycles. The molecule has 0 bridgehead atoms. The van der Waals surface area contributed by atoms with Crippen molar-refractivity contribution in [2.45, 2.75) is 32.2 Å². The normalized spacial score (nSPS) is 17.6. The van der Waals surface area contributed by atoms with Crippen molar-refractivity contribution in [2.24, 2.45) is 11.7 Å². The quantitative estimate of drug-likeness (QED) is 0.829. The van der Waals surface area contributed by atoms with Crippen molar-refractivity contribution < 1.29 is 4.79 Å². The highest BCUT2D eigenvalue weighted by atomic mass is 16.1. The molecule has 20 heavy (non-hydrogen) atoms. The van der Waals surface area contributed by atoms with Gasteiger partial charge in [-0.3, -0.25) is 4.79 Å². The molecule has 1 aromatic rings. The lowest BCUT2D eigenvalue weighted by Gasteiger charge is -2.36. The molecule has 0 saturated heterocycles. The average molecular weight is 275 g/mol. The van der Waals surface area contributed by atoms with Gasteiger partial charge in [-0.2, -0.15) is 0 Å². The molecular weight excluding hydrogens is 250 g/mol. The molecular formula is C16H25N3O. The predicted octanol–water partition coefficient (Wildman–Crippen LogP) is 1.59. The van der Waals surface area contributed by atoms with Crippen LogP contribution in [-0.2, 0) is 4.79 Å². The molecule has 1 atom stereocenters. The number of nitrogens with zero attached hydrogens (tertiary/aromatic N) is 1. The maximum absolute atomic E-state index is 12.0. The van der Waals surface area contributed by atoms with E-state index >= 15 is 0 Å². The maximum Gasteiger partial charge on any atom is 0.239 e. The van der Waals surface area contributed by atoms with E-state index in [1.54, 1.807) is 0 Å². The lowest BCUT2D eigenvalue weighted by atomic mass is 9.91. The molecule has 110 valence electrons. The molecule has 1 aliphatic rings. The van der Waals surface area contributed by atoms with E-state index in [-0.39, 0.29) is 5.91 Å². The van der Waals surface area contributed by atoms with Crippen molar-refractivity contribution >= 4 is 11.6 Å². The number of anilines is 1. The molecule has 1 saturated carbocycles. The lowest BCUT2D eigenvalue weighted by molar-refractivity contribution is -0.124. The van der Waals surface area contributed by atoms with E-state index in [1.165, 1.54) is 11.1 Å². The summed E-state index contributed by atoms with van der Waals surface area (Å²) in [6.45, 7) is 4.79. The van der Waals surface area contributed by atoms with Gasteiger partial charge in [0, 0.05) is 19.3 Å². The van der Waals surface area contributed by atoms with Crippen LogP contribution in [0.4, 0.5) is 5.69 Å². The Kier molecular flexibility index (Phi) is 4.04. The summed E-state index contributed by atoms with van der Waals surface area (Å²) in [6.07, 6.45) is 2.15. The molecule has 1 aromatic carbocycles. The van der Waals surface area contributed by atoms with Crippen LogP contribution in [0.2, 0.25) is 0 Å². The average Bonchev–Trinajstić information content (AvgIpc) is 3.19. The van der Waals surface area contributed by atoms with Gasteiger partial charge < -0.3 is 16.0 Å². The molecule has 3 N–H and O–H groups in total. The van der Waals surface area contributed by atoms with Crippen molar-refractivity contribution in [1.29, 1.82) is 0 Å². The third-order valence-corrected chi connectivity index (χ3v) is 4.41. The molecule has 1 aliphatic carbocycles. The second-order valence-electron chi connectivity index (χ2n) is 6.01. The van der Waals surface area contributed by atoms with E-state index in [4.69, 9.17) is 5.73 Å². The van der Waals surface area contributed by atoms with Gasteiger partial charge in [-0.05, 0) is 51.3 Å². The summed E-state index contributed by atoms with van der Waals surface area (Å²) in [5.74, 6) is 0.109. The molecule has 1 fully saturated rings. The Morgan fingerprint density at radius 3 is 2.55 bits per heavy atom. The largest absolute Gasteiger partial charge is 0.372 e. The number of benzene rings is 1. The smallest absolute Gasteiger partial charge is 0.239 e. The fourth-order valence-electron chi connectivity index (χ4n) is 3.08. The molecule has 1 amide bonds. The minimum absolute atomic E-state index is 0.251. The Hall–Kier alpha value is -1.55. The fourth-order valence-corrected chi connectivity index (χ4v) is 3.08. The second kappa shape index (κ2) is 5.44. The van der Waals surface area contributed by atoms with Crippen LogP contribution in [0.5, 0.6) is 0 Å². The van der Waals surface area contributed by atoms with E-state index in [1.807, 2.05) is 14.1 Å². The standard InChI is InChI=1S/C16H25N3O/c1-11-5-8-14(12(2)9-11)19(4)10-16(18-3,15(17)20)13-6-7-13/h5,8-9,13,18H,6-7,10H2,1-4H3,(H2,17,20). The molecule has 0 heterocycles. The van der Waals surface area contributed by atoms with Crippen LogP contribution in [0, 0.1) is 19.8 Å². The highest BCUT2D eigenvalue weighted by Crippen LogP contribution is 2.40. The van der Waals surface area contributed by atoms with Crippen LogP contribution in [0.1, 0.15) is 24.0 Å². The first kappa shape index (κ1) is 14.9. The number of primary amides is 1. The Balaban J connectivity index is 2.24. The number of nitrogens with one attached hydrogen (secondary N) is 1. The van der Waals surface area contributed by atoms with Gasteiger partial charge in [0.25, 0.3) is 0 Å². The summed E-state index contributed by atoms with van der Waals surface area (Å²) in [7, 11) is 3.86. The van der Waals surface area contributed by atoms with E-state index in [9.17, 15) is 4.79 Å². The molecule has 0 spiro atoms. The Labute approximate surface area is 121 Å². The Morgan fingerprint density at radius 1 is 1.45 bits per heavy atom. The summed E-state index contributed by atoms with van der Waals surface area (Å²) in [5.41, 5.74) is 8.68. The minimum atomic E-state index is -0.619. The third kappa shape index (κ3) is 2.66. The molecule has 4 heteroatoms. The highest BCUT2D eigenvalue weighted by Gasteiger charge is 2.49. The van der Waals surface area contributed by atoms with Gasteiger partial charge in [-0.1, -0.05) is 17.7 Å². The Bertz CT molecular complexity index is 510. The molecule has 4 nitrogen and oxygen atoms in total. The van der Waals surface area contributed by atoms with Gasteiger partial charge >= 0.3 is 0 Å². The zero-order valence-electron chi connectivity index (χ0n) is 12.9.